The van der Waals surface area contributed by atoms with Crippen molar-refractivity contribution in [1.82, 2.24) is 4.98 Å². The number of pyridine rings is 1. The van der Waals surface area contributed by atoms with Gasteiger partial charge in [-0.3, -0.25) is 0 Å². The Balaban J connectivity index is 2.13. The first-order valence-corrected chi connectivity index (χ1v) is 10.2. The van der Waals surface area contributed by atoms with Gasteiger partial charge in [0.05, 0.1) is 4.90 Å². The summed E-state index contributed by atoms with van der Waals surface area (Å²) in [6.07, 6.45) is 2.32. The fraction of sp³-hybridized carbons (Fsp3) is 0.250. The molecule has 2 aromatic carbocycles. The number of fused-ring (bicyclic) bond motifs is 1. The molecule has 0 fully saturated rings. The van der Waals surface area contributed by atoms with Gasteiger partial charge in [-0.1, -0.05) is 19.1 Å². The van der Waals surface area contributed by atoms with E-state index in [0.717, 1.165) is 16.7 Å². The fourth-order valence-corrected chi connectivity index (χ4v) is 3.88. The van der Waals surface area contributed by atoms with Crippen LogP contribution in [0, 0.1) is 12.7 Å². The number of hydrogen-bond acceptors (Lipinski definition) is 4. The third-order valence-corrected chi connectivity index (χ3v) is 5.70. The highest BCUT2D eigenvalue weighted by molar-refractivity contribution is 7.90. The van der Waals surface area contributed by atoms with Crippen LogP contribution in [0.5, 0.6) is 5.75 Å². The van der Waals surface area contributed by atoms with Crippen LogP contribution in [0.15, 0.2) is 41.3 Å². The minimum absolute atomic E-state index is 0.0134. The van der Waals surface area contributed by atoms with Crippen LogP contribution in [0.4, 0.5) is 4.39 Å². The molecule has 0 aliphatic carbocycles. The van der Waals surface area contributed by atoms with Gasteiger partial charge in [0.25, 0.3) is 0 Å². The third-order valence-electron chi connectivity index (χ3n) is 4.57. The van der Waals surface area contributed by atoms with Gasteiger partial charge in [0.1, 0.15) is 17.1 Å². The van der Waals surface area contributed by atoms with E-state index in [2.05, 4.69) is 4.98 Å². The van der Waals surface area contributed by atoms with Gasteiger partial charge in [0, 0.05) is 17.3 Å². The molecule has 0 spiro atoms. The lowest BCUT2D eigenvalue weighted by molar-refractivity contribution is 0.479. The Morgan fingerprint density at radius 2 is 1.73 bits per heavy atom. The quantitative estimate of drug-likeness (QED) is 0.752. The zero-order chi connectivity index (χ0) is 19.1. The number of aromatic nitrogens is 1. The van der Waals surface area contributed by atoms with E-state index in [1.807, 2.05) is 13.8 Å². The molecule has 0 radical (unpaired) electrons. The van der Waals surface area contributed by atoms with Crippen LogP contribution in [0.25, 0.3) is 10.9 Å². The van der Waals surface area contributed by atoms with Gasteiger partial charge in [-0.2, -0.15) is 0 Å². The molecule has 0 aliphatic heterocycles. The highest BCUT2D eigenvalue weighted by atomic mass is 32.2. The summed E-state index contributed by atoms with van der Waals surface area (Å²) in [7, 11) is -3.24. The molecule has 136 valence electrons. The lowest BCUT2D eigenvalue weighted by Crippen LogP contribution is -2.04. The van der Waals surface area contributed by atoms with Crippen LogP contribution in [0.3, 0.4) is 0 Å². The maximum Gasteiger partial charge on any atom is 0.175 e. The van der Waals surface area contributed by atoms with Gasteiger partial charge in [-0.15, -0.1) is 0 Å². The van der Waals surface area contributed by atoms with E-state index in [9.17, 15) is 17.9 Å². The zero-order valence-corrected chi connectivity index (χ0v) is 15.7. The normalized spacial score (nSPS) is 11.8. The summed E-state index contributed by atoms with van der Waals surface area (Å²) in [6.45, 7) is 3.77. The molecule has 0 aliphatic rings. The average Bonchev–Trinajstić information content (AvgIpc) is 2.59. The van der Waals surface area contributed by atoms with Gasteiger partial charge >= 0.3 is 0 Å². The number of phenols is 1. The lowest BCUT2D eigenvalue weighted by atomic mass is 9.93. The maximum atomic E-state index is 14.1. The number of phenolic OH excluding ortho intramolecular Hbond substituents is 1. The largest absolute Gasteiger partial charge is 0.507 e. The number of aromatic hydroxyl groups is 1. The Bertz CT molecular complexity index is 1090. The van der Waals surface area contributed by atoms with Crippen molar-refractivity contribution in [1.29, 1.82) is 0 Å². The first kappa shape index (κ1) is 18.3. The number of nitrogens with zero attached hydrogens (tertiary/aromatic N) is 1. The van der Waals surface area contributed by atoms with Crippen molar-refractivity contribution in [3.63, 3.8) is 0 Å². The van der Waals surface area contributed by atoms with Crippen LogP contribution < -0.4 is 0 Å². The molecule has 0 bridgehead atoms. The van der Waals surface area contributed by atoms with E-state index in [1.165, 1.54) is 18.4 Å². The second kappa shape index (κ2) is 6.68. The molecule has 0 saturated carbocycles. The Morgan fingerprint density at radius 1 is 1.08 bits per heavy atom. The number of hydrogen-bond donors (Lipinski definition) is 1. The molecule has 6 heteroatoms. The predicted octanol–water partition coefficient (Wildman–Crippen LogP) is 3.94. The second-order valence-electron chi connectivity index (χ2n) is 6.39. The van der Waals surface area contributed by atoms with Crippen LogP contribution in [0.1, 0.15) is 29.3 Å². The Labute approximate surface area is 152 Å². The molecule has 0 amide bonds. The van der Waals surface area contributed by atoms with Gasteiger partial charge in [0.2, 0.25) is 0 Å². The number of aryl methyl sites for hydroxylation is 2. The monoisotopic (exact) mass is 373 g/mol. The molecular formula is C20H20FNO3S. The van der Waals surface area contributed by atoms with Crippen molar-refractivity contribution in [2.75, 3.05) is 6.26 Å². The van der Waals surface area contributed by atoms with Crippen LogP contribution >= 0.6 is 0 Å². The standard InChI is InChI=1S/C20H20FNO3S/c1-4-15-16(11-13-5-7-14(8-6-13)26(3,24)25)12(2)22-20-17(21)9-10-18(23)19(15)20/h5-10,23H,4,11H2,1-3H3. The summed E-state index contributed by atoms with van der Waals surface area (Å²) in [5.74, 6) is -0.445. The molecule has 1 N–H and O–H groups in total. The highest BCUT2D eigenvalue weighted by Gasteiger charge is 2.17. The molecule has 3 rings (SSSR count). The summed E-state index contributed by atoms with van der Waals surface area (Å²) >= 11 is 0. The van der Waals surface area contributed by atoms with Crippen molar-refractivity contribution in [2.24, 2.45) is 0 Å². The lowest BCUT2D eigenvalue weighted by Gasteiger charge is -2.16. The molecule has 0 saturated heterocycles. The summed E-state index contributed by atoms with van der Waals surface area (Å²) < 4.78 is 37.3. The van der Waals surface area contributed by atoms with Crippen molar-refractivity contribution in [2.45, 2.75) is 31.6 Å². The minimum atomic E-state index is -3.24. The Morgan fingerprint density at radius 3 is 2.31 bits per heavy atom. The van der Waals surface area contributed by atoms with Gasteiger partial charge in [-0.25, -0.2) is 17.8 Å². The van der Waals surface area contributed by atoms with Crippen LogP contribution in [-0.4, -0.2) is 24.8 Å². The Hall–Kier alpha value is -2.47. The topological polar surface area (TPSA) is 67.3 Å². The number of sulfone groups is 1. The highest BCUT2D eigenvalue weighted by Crippen LogP contribution is 2.33. The third kappa shape index (κ3) is 3.29. The van der Waals surface area contributed by atoms with Crippen molar-refractivity contribution >= 4 is 20.7 Å². The summed E-state index contributed by atoms with van der Waals surface area (Å²) in [6, 6.07) is 9.26. The first-order chi connectivity index (χ1) is 12.2. The summed E-state index contributed by atoms with van der Waals surface area (Å²) in [4.78, 5) is 4.64. The number of benzene rings is 2. The van der Waals surface area contributed by atoms with Gasteiger partial charge in [-0.05, 0) is 60.7 Å². The van der Waals surface area contributed by atoms with Crippen LogP contribution in [0.2, 0.25) is 0 Å². The van der Waals surface area contributed by atoms with Crippen LogP contribution in [-0.2, 0) is 22.7 Å². The molecule has 0 unspecified atom stereocenters. The van der Waals surface area contributed by atoms with Gasteiger partial charge in [0.15, 0.2) is 9.84 Å². The molecule has 0 atom stereocenters. The van der Waals surface area contributed by atoms with Gasteiger partial charge < -0.3 is 5.11 Å². The molecule has 4 nitrogen and oxygen atoms in total. The maximum absolute atomic E-state index is 14.1. The molecule has 1 aromatic heterocycles. The minimum Gasteiger partial charge on any atom is -0.507 e. The summed E-state index contributed by atoms with van der Waals surface area (Å²) in [5.41, 5.74) is 3.58. The molecule has 3 aromatic rings. The van der Waals surface area contributed by atoms with E-state index in [1.54, 1.807) is 24.3 Å². The second-order valence-corrected chi connectivity index (χ2v) is 8.41. The predicted molar refractivity (Wildman–Crippen MR) is 99.8 cm³/mol. The van der Waals surface area contributed by atoms with E-state index in [-0.39, 0.29) is 16.2 Å². The van der Waals surface area contributed by atoms with Crippen molar-refractivity contribution < 1.29 is 17.9 Å². The average molecular weight is 373 g/mol. The molecular weight excluding hydrogens is 353 g/mol. The SMILES string of the molecule is CCc1c(Cc2ccc(S(C)(=O)=O)cc2)c(C)nc2c(F)ccc(O)c12. The van der Waals surface area contributed by atoms with Crippen molar-refractivity contribution in [3.05, 3.63) is 64.6 Å². The zero-order valence-electron chi connectivity index (χ0n) is 14.9. The summed E-state index contributed by atoms with van der Waals surface area (Å²) in [5, 5.41) is 10.7. The van der Waals surface area contributed by atoms with E-state index in [4.69, 9.17) is 0 Å². The Kier molecular flexibility index (Phi) is 4.71. The number of halogens is 1. The van der Waals surface area contributed by atoms with E-state index < -0.39 is 15.7 Å². The first-order valence-electron chi connectivity index (χ1n) is 8.31. The smallest absolute Gasteiger partial charge is 0.175 e. The van der Waals surface area contributed by atoms with E-state index >= 15 is 0 Å². The van der Waals surface area contributed by atoms with E-state index in [0.29, 0.717) is 23.9 Å². The van der Waals surface area contributed by atoms with Crippen molar-refractivity contribution in [3.8, 4) is 5.75 Å². The molecule has 1 heterocycles. The number of rotatable bonds is 4. The fourth-order valence-electron chi connectivity index (χ4n) is 3.25. The molecule has 26 heavy (non-hydrogen) atoms.